The van der Waals surface area contributed by atoms with Crippen LogP contribution in [0.4, 0.5) is 0 Å². The maximum Gasteiger partial charge on any atom is 0.0964 e. The second-order valence-electron chi connectivity index (χ2n) is 5.94. The molecule has 4 aromatic rings. The molecule has 0 atom stereocenters. The number of hydrogen-bond donors (Lipinski definition) is 0. The Morgan fingerprint density at radius 3 is 2.58 bits per heavy atom. The second kappa shape index (κ2) is 7.19. The number of rotatable bonds is 4. The van der Waals surface area contributed by atoms with Gasteiger partial charge in [0.2, 0.25) is 0 Å². The topological polar surface area (TPSA) is 30.7 Å². The molecule has 126 valence electrons. The fraction of sp³-hybridized carbons (Fsp3) is 0.0435. The van der Waals surface area contributed by atoms with E-state index in [1.54, 1.807) is 6.20 Å². The van der Waals surface area contributed by atoms with Gasteiger partial charge in [-0.2, -0.15) is 0 Å². The van der Waals surface area contributed by atoms with Crippen molar-refractivity contribution < 1.29 is 0 Å². The Morgan fingerprint density at radius 1 is 0.846 bits per heavy atom. The van der Waals surface area contributed by atoms with Crippen molar-refractivity contribution in [3.63, 3.8) is 0 Å². The van der Waals surface area contributed by atoms with Gasteiger partial charge in [0, 0.05) is 41.1 Å². The highest BCUT2D eigenvalue weighted by Crippen LogP contribution is 2.34. The van der Waals surface area contributed by atoms with Crippen LogP contribution in [-0.2, 0) is 0 Å². The third kappa shape index (κ3) is 2.84. The second-order valence-corrected chi connectivity index (χ2v) is 5.94. The first kappa shape index (κ1) is 16.0. The van der Waals surface area contributed by atoms with Gasteiger partial charge < -0.3 is 4.57 Å². The van der Waals surface area contributed by atoms with Crippen molar-refractivity contribution >= 4 is 28.0 Å². The molecule has 0 unspecified atom stereocenters. The van der Waals surface area contributed by atoms with E-state index < -0.39 is 0 Å². The number of para-hydroxylation sites is 1. The third-order valence-corrected chi connectivity index (χ3v) is 4.31. The van der Waals surface area contributed by atoms with E-state index in [-0.39, 0.29) is 0 Å². The maximum absolute atomic E-state index is 4.67. The Balaban J connectivity index is 2.00. The largest absolute Gasteiger partial charge is 0.314 e. The molecule has 0 amide bonds. The highest BCUT2D eigenvalue weighted by molar-refractivity contribution is 6.12. The normalized spacial score (nSPS) is 12.3. The standard InChI is InChI=1S/C23H19N3/c1-2-3-4-5-8-16-26-21-12-7-6-11-19(21)20-13-15-25-22(23(20)26)18-10-9-14-24-17-18/h2-17H,1H3/b3-2+,5-4+,16-8+. The first-order valence-corrected chi connectivity index (χ1v) is 8.64. The number of allylic oxidation sites excluding steroid dienone is 5. The zero-order valence-corrected chi connectivity index (χ0v) is 14.6. The number of benzene rings is 1. The van der Waals surface area contributed by atoms with Crippen molar-refractivity contribution in [1.82, 2.24) is 14.5 Å². The van der Waals surface area contributed by atoms with Crippen molar-refractivity contribution in [2.24, 2.45) is 0 Å². The molecular formula is C23H19N3. The molecule has 0 saturated heterocycles. The molecule has 0 aliphatic heterocycles. The van der Waals surface area contributed by atoms with Crippen molar-refractivity contribution in [2.45, 2.75) is 6.92 Å². The molecule has 3 nitrogen and oxygen atoms in total. The van der Waals surface area contributed by atoms with Gasteiger partial charge in [-0.25, -0.2) is 0 Å². The smallest absolute Gasteiger partial charge is 0.0964 e. The lowest BCUT2D eigenvalue weighted by molar-refractivity contribution is 1.24. The summed E-state index contributed by atoms with van der Waals surface area (Å²) in [5, 5.41) is 2.41. The predicted octanol–water partition coefficient (Wildman–Crippen LogP) is 5.85. The molecule has 0 spiro atoms. The average molecular weight is 337 g/mol. The highest BCUT2D eigenvalue weighted by Gasteiger charge is 2.14. The summed E-state index contributed by atoms with van der Waals surface area (Å²) in [7, 11) is 0. The molecule has 3 heteroatoms. The summed E-state index contributed by atoms with van der Waals surface area (Å²) in [4.78, 5) is 8.93. The average Bonchev–Trinajstić information content (AvgIpc) is 3.03. The Labute approximate surface area is 152 Å². The SMILES string of the molecule is C/C=C/C=C/C=C/n1c2ccccc2c2ccnc(-c3cccnc3)c21. The van der Waals surface area contributed by atoms with Gasteiger partial charge in [0.05, 0.1) is 16.7 Å². The zero-order chi connectivity index (χ0) is 17.8. The van der Waals surface area contributed by atoms with E-state index in [2.05, 4.69) is 51.1 Å². The van der Waals surface area contributed by atoms with Crippen LogP contribution in [0.15, 0.2) is 91.4 Å². The molecule has 0 aliphatic rings. The summed E-state index contributed by atoms with van der Waals surface area (Å²) in [6.45, 7) is 2.01. The summed E-state index contributed by atoms with van der Waals surface area (Å²) in [6, 6.07) is 14.5. The summed E-state index contributed by atoms with van der Waals surface area (Å²) in [6.07, 6.45) is 17.7. The van der Waals surface area contributed by atoms with Crippen LogP contribution in [0.1, 0.15) is 6.92 Å². The molecule has 0 fully saturated rings. The minimum absolute atomic E-state index is 0.939. The Kier molecular flexibility index (Phi) is 4.44. The van der Waals surface area contributed by atoms with E-state index in [0.29, 0.717) is 0 Å². The predicted molar refractivity (Wildman–Crippen MR) is 110 cm³/mol. The molecule has 3 aromatic heterocycles. The van der Waals surface area contributed by atoms with Gasteiger partial charge in [-0.1, -0.05) is 42.5 Å². The van der Waals surface area contributed by atoms with Gasteiger partial charge in [0.1, 0.15) is 0 Å². The first-order valence-electron chi connectivity index (χ1n) is 8.64. The summed E-state index contributed by atoms with van der Waals surface area (Å²) in [5.74, 6) is 0. The van der Waals surface area contributed by atoms with E-state index in [1.165, 1.54) is 10.8 Å². The van der Waals surface area contributed by atoms with Crippen LogP contribution in [0.3, 0.4) is 0 Å². The van der Waals surface area contributed by atoms with Crippen LogP contribution >= 0.6 is 0 Å². The monoisotopic (exact) mass is 337 g/mol. The van der Waals surface area contributed by atoms with Crippen LogP contribution < -0.4 is 0 Å². The fourth-order valence-corrected chi connectivity index (χ4v) is 3.19. The minimum Gasteiger partial charge on any atom is -0.314 e. The summed E-state index contributed by atoms with van der Waals surface area (Å²) >= 11 is 0. The molecule has 0 bridgehead atoms. The van der Waals surface area contributed by atoms with Crippen molar-refractivity contribution in [3.8, 4) is 11.3 Å². The molecule has 0 radical (unpaired) electrons. The van der Waals surface area contributed by atoms with Gasteiger partial charge in [0.25, 0.3) is 0 Å². The van der Waals surface area contributed by atoms with Gasteiger partial charge in [0.15, 0.2) is 0 Å². The van der Waals surface area contributed by atoms with Crippen LogP contribution in [0.25, 0.3) is 39.3 Å². The molecule has 1 aromatic carbocycles. The van der Waals surface area contributed by atoms with Gasteiger partial charge in [-0.05, 0) is 37.3 Å². The quantitative estimate of drug-likeness (QED) is 0.437. The van der Waals surface area contributed by atoms with E-state index in [0.717, 1.165) is 22.3 Å². The van der Waals surface area contributed by atoms with Crippen molar-refractivity contribution in [3.05, 3.63) is 91.4 Å². The summed E-state index contributed by atoms with van der Waals surface area (Å²) in [5.41, 5.74) is 4.21. The van der Waals surface area contributed by atoms with Crippen molar-refractivity contribution in [1.29, 1.82) is 0 Å². The maximum atomic E-state index is 4.67. The molecule has 4 rings (SSSR count). The lowest BCUT2D eigenvalue weighted by atomic mass is 10.1. The van der Waals surface area contributed by atoms with Crippen LogP contribution in [-0.4, -0.2) is 14.5 Å². The fourth-order valence-electron chi connectivity index (χ4n) is 3.19. The molecule has 3 heterocycles. The van der Waals surface area contributed by atoms with Crippen LogP contribution in [0.5, 0.6) is 0 Å². The Morgan fingerprint density at radius 2 is 1.73 bits per heavy atom. The Hall–Kier alpha value is -3.46. The van der Waals surface area contributed by atoms with Gasteiger partial charge in [-0.3, -0.25) is 9.97 Å². The van der Waals surface area contributed by atoms with Crippen molar-refractivity contribution in [2.75, 3.05) is 0 Å². The molecule has 0 saturated carbocycles. The molecule has 0 aliphatic carbocycles. The number of nitrogens with zero attached hydrogens (tertiary/aromatic N) is 3. The zero-order valence-electron chi connectivity index (χ0n) is 14.6. The number of fused-ring (bicyclic) bond motifs is 3. The van der Waals surface area contributed by atoms with Crippen LogP contribution in [0, 0.1) is 0 Å². The lowest BCUT2D eigenvalue weighted by Gasteiger charge is -2.06. The van der Waals surface area contributed by atoms with E-state index in [1.807, 2.05) is 61.8 Å². The molecule has 26 heavy (non-hydrogen) atoms. The number of hydrogen-bond acceptors (Lipinski definition) is 2. The highest BCUT2D eigenvalue weighted by atomic mass is 15.0. The molecule has 0 N–H and O–H groups in total. The number of aromatic nitrogens is 3. The van der Waals surface area contributed by atoms with Gasteiger partial charge in [-0.15, -0.1) is 0 Å². The summed E-state index contributed by atoms with van der Waals surface area (Å²) < 4.78 is 2.21. The van der Waals surface area contributed by atoms with E-state index >= 15 is 0 Å². The lowest BCUT2D eigenvalue weighted by Crippen LogP contribution is -1.91. The molecular weight excluding hydrogens is 318 g/mol. The third-order valence-electron chi connectivity index (χ3n) is 4.31. The van der Waals surface area contributed by atoms with Crippen LogP contribution in [0.2, 0.25) is 0 Å². The van der Waals surface area contributed by atoms with Gasteiger partial charge >= 0.3 is 0 Å². The van der Waals surface area contributed by atoms with E-state index in [9.17, 15) is 0 Å². The first-order chi connectivity index (χ1) is 12.9. The van der Waals surface area contributed by atoms with E-state index in [4.69, 9.17) is 0 Å². The number of pyridine rings is 2. The Bertz CT molecular complexity index is 1130. The minimum atomic E-state index is 0.939.